The number of benzene rings is 1. The van der Waals surface area contributed by atoms with Gasteiger partial charge in [0.25, 0.3) is 0 Å². The molecule has 2 N–H and O–H groups in total. The van der Waals surface area contributed by atoms with Gasteiger partial charge in [0.05, 0.1) is 18.4 Å². The maximum atomic E-state index is 11.1. The van der Waals surface area contributed by atoms with Crippen molar-refractivity contribution in [3.05, 3.63) is 23.8 Å². The van der Waals surface area contributed by atoms with E-state index in [2.05, 4.69) is 5.32 Å². The van der Waals surface area contributed by atoms with Crippen LogP contribution in [-0.2, 0) is 0 Å². The Morgan fingerprint density at radius 2 is 2.17 bits per heavy atom. The van der Waals surface area contributed by atoms with Gasteiger partial charge in [0, 0.05) is 12.6 Å². The first kappa shape index (κ1) is 12.7. The first-order chi connectivity index (χ1) is 8.70. The Hall–Kier alpha value is -1.71. The van der Waals surface area contributed by atoms with Gasteiger partial charge in [-0.3, -0.25) is 0 Å². The molecule has 1 aliphatic carbocycles. The number of carboxylic acid groups (broad SMARTS) is 1. The van der Waals surface area contributed by atoms with Crippen LogP contribution in [0.3, 0.4) is 0 Å². The first-order valence-corrected chi connectivity index (χ1v) is 6.36. The van der Waals surface area contributed by atoms with Gasteiger partial charge in [-0.05, 0) is 30.9 Å². The van der Waals surface area contributed by atoms with Crippen molar-refractivity contribution in [1.29, 1.82) is 0 Å². The van der Waals surface area contributed by atoms with E-state index in [1.165, 1.54) is 25.7 Å². The van der Waals surface area contributed by atoms with Gasteiger partial charge in [-0.1, -0.05) is 12.8 Å². The smallest absolute Gasteiger partial charge is 0.337 e. The van der Waals surface area contributed by atoms with Gasteiger partial charge in [-0.25, -0.2) is 4.79 Å². The number of ether oxygens (including phenoxy) is 1. The summed E-state index contributed by atoms with van der Waals surface area (Å²) in [5.74, 6) is 0.429. The van der Waals surface area contributed by atoms with E-state index in [0.29, 0.717) is 22.9 Å². The lowest BCUT2D eigenvalue weighted by Gasteiger charge is -2.14. The zero-order chi connectivity index (χ0) is 13.0. The minimum Gasteiger partial charge on any atom is -0.497 e. The second-order valence-electron chi connectivity index (χ2n) is 4.75. The van der Waals surface area contributed by atoms with Crippen LogP contribution >= 0.6 is 0 Å². The quantitative estimate of drug-likeness (QED) is 0.842. The maximum Gasteiger partial charge on any atom is 0.337 e. The van der Waals surface area contributed by atoms with Crippen LogP contribution in [0.25, 0.3) is 0 Å². The summed E-state index contributed by atoms with van der Waals surface area (Å²) in [6.07, 6.45) is 5.05. The van der Waals surface area contributed by atoms with E-state index < -0.39 is 5.97 Å². The molecule has 2 rings (SSSR count). The van der Waals surface area contributed by atoms with Crippen LogP contribution < -0.4 is 10.1 Å². The van der Waals surface area contributed by atoms with Crippen LogP contribution in [0.4, 0.5) is 5.69 Å². The fourth-order valence-corrected chi connectivity index (χ4v) is 2.45. The Labute approximate surface area is 107 Å². The number of nitrogens with one attached hydrogen (secondary N) is 1. The van der Waals surface area contributed by atoms with Crippen molar-refractivity contribution in [3.63, 3.8) is 0 Å². The number of carboxylic acids is 1. The fourth-order valence-electron chi connectivity index (χ4n) is 2.45. The first-order valence-electron chi connectivity index (χ1n) is 6.36. The van der Waals surface area contributed by atoms with E-state index in [0.717, 1.165) is 6.54 Å². The van der Waals surface area contributed by atoms with Gasteiger partial charge in [0.1, 0.15) is 5.75 Å². The normalized spacial score (nSPS) is 15.6. The Morgan fingerprint density at radius 1 is 1.44 bits per heavy atom. The zero-order valence-corrected chi connectivity index (χ0v) is 10.6. The molecule has 0 unspecified atom stereocenters. The van der Waals surface area contributed by atoms with Crippen LogP contribution in [0.15, 0.2) is 18.2 Å². The van der Waals surface area contributed by atoms with Gasteiger partial charge < -0.3 is 15.2 Å². The number of methoxy groups -OCH3 is 1. The molecule has 4 heteroatoms. The molecule has 0 atom stereocenters. The van der Waals surface area contributed by atoms with Gasteiger partial charge in [0.15, 0.2) is 0 Å². The molecule has 18 heavy (non-hydrogen) atoms. The minimum absolute atomic E-state index is 0.300. The van der Waals surface area contributed by atoms with Crippen LogP contribution in [0.1, 0.15) is 36.0 Å². The Balaban J connectivity index is 2.10. The highest BCUT2D eigenvalue weighted by Gasteiger charge is 2.16. The molecule has 0 saturated heterocycles. The van der Waals surface area contributed by atoms with Crippen LogP contribution in [0, 0.1) is 5.92 Å². The number of carbonyl (C=O) groups is 1. The highest BCUT2D eigenvalue weighted by Crippen LogP contribution is 2.27. The maximum absolute atomic E-state index is 11.1. The molecule has 0 radical (unpaired) electrons. The highest BCUT2D eigenvalue weighted by atomic mass is 16.5. The Morgan fingerprint density at radius 3 is 2.78 bits per heavy atom. The number of hydrogen-bond donors (Lipinski definition) is 2. The standard InChI is InChI=1S/C14H19NO3/c1-18-11-6-7-12(14(16)17)13(8-11)15-9-10-4-2-3-5-10/h6-8,10,15H,2-5,9H2,1H3,(H,16,17). The average Bonchev–Trinajstić information content (AvgIpc) is 2.88. The lowest BCUT2D eigenvalue weighted by atomic mass is 10.1. The molecule has 1 aromatic carbocycles. The van der Waals surface area contributed by atoms with Gasteiger partial charge in [0.2, 0.25) is 0 Å². The molecule has 1 saturated carbocycles. The molecule has 0 heterocycles. The SMILES string of the molecule is COc1ccc(C(=O)O)c(NCC2CCCC2)c1. The van der Waals surface area contributed by atoms with Gasteiger partial charge >= 0.3 is 5.97 Å². The molecule has 0 spiro atoms. The van der Waals surface area contributed by atoms with Crippen molar-refractivity contribution in [2.24, 2.45) is 5.92 Å². The summed E-state index contributed by atoms with van der Waals surface area (Å²) < 4.78 is 5.13. The van der Waals surface area contributed by atoms with E-state index in [-0.39, 0.29) is 0 Å². The molecular formula is C14H19NO3. The van der Waals surface area contributed by atoms with Crippen molar-refractivity contribution >= 4 is 11.7 Å². The van der Waals surface area contributed by atoms with Crippen molar-refractivity contribution in [2.75, 3.05) is 19.0 Å². The third kappa shape index (κ3) is 2.94. The lowest BCUT2D eigenvalue weighted by Crippen LogP contribution is -2.13. The highest BCUT2D eigenvalue weighted by molar-refractivity contribution is 5.94. The van der Waals surface area contributed by atoms with Crippen molar-refractivity contribution in [3.8, 4) is 5.75 Å². The molecule has 0 aliphatic heterocycles. The number of rotatable bonds is 5. The minimum atomic E-state index is -0.911. The summed E-state index contributed by atoms with van der Waals surface area (Å²) in [5, 5.41) is 12.4. The summed E-state index contributed by atoms with van der Waals surface area (Å²) in [4.78, 5) is 11.1. The van der Waals surface area contributed by atoms with Crippen molar-refractivity contribution in [1.82, 2.24) is 0 Å². The average molecular weight is 249 g/mol. The van der Waals surface area contributed by atoms with Crippen LogP contribution in [-0.4, -0.2) is 24.7 Å². The number of aromatic carboxylic acids is 1. The van der Waals surface area contributed by atoms with Crippen molar-refractivity contribution < 1.29 is 14.6 Å². The van der Waals surface area contributed by atoms with E-state index >= 15 is 0 Å². The molecule has 1 fully saturated rings. The lowest BCUT2D eigenvalue weighted by molar-refractivity contribution is 0.0698. The second-order valence-corrected chi connectivity index (χ2v) is 4.75. The van der Waals surface area contributed by atoms with Crippen LogP contribution in [0.5, 0.6) is 5.75 Å². The third-order valence-corrected chi connectivity index (χ3v) is 3.51. The predicted octanol–water partition coefficient (Wildman–Crippen LogP) is 3.00. The van der Waals surface area contributed by atoms with E-state index in [1.54, 1.807) is 25.3 Å². The van der Waals surface area contributed by atoms with Crippen LogP contribution in [0.2, 0.25) is 0 Å². The Bertz CT molecular complexity index is 425. The molecule has 1 aliphatic rings. The van der Waals surface area contributed by atoms with E-state index in [1.807, 2.05) is 0 Å². The number of hydrogen-bond acceptors (Lipinski definition) is 3. The molecule has 98 valence electrons. The third-order valence-electron chi connectivity index (χ3n) is 3.51. The molecule has 0 amide bonds. The summed E-state index contributed by atoms with van der Waals surface area (Å²) in [6, 6.07) is 5.00. The number of anilines is 1. The summed E-state index contributed by atoms with van der Waals surface area (Å²) >= 11 is 0. The largest absolute Gasteiger partial charge is 0.497 e. The van der Waals surface area contributed by atoms with E-state index in [9.17, 15) is 4.79 Å². The molecule has 0 bridgehead atoms. The Kier molecular flexibility index (Phi) is 4.07. The van der Waals surface area contributed by atoms with Crippen molar-refractivity contribution in [2.45, 2.75) is 25.7 Å². The monoisotopic (exact) mass is 249 g/mol. The summed E-state index contributed by atoms with van der Waals surface area (Å²) in [6.45, 7) is 0.841. The van der Waals surface area contributed by atoms with Gasteiger partial charge in [-0.15, -0.1) is 0 Å². The second kappa shape index (κ2) is 5.76. The fraction of sp³-hybridized carbons (Fsp3) is 0.500. The van der Waals surface area contributed by atoms with E-state index in [4.69, 9.17) is 9.84 Å². The topological polar surface area (TPSA) is 58.6 Å². The predicted molar refractivity (Wildman–Crippen MR) is 70.4 cm³/mol. The molecular weight excluding hydrogens is 230 g/mol. The molecule has 1 aromatic rings. The summed E-state index contributed by atoms with van der Waals surface area (Å²) in [7, 11) is 1.58. The summed E-state index contributed by atoms with van der Waals surface area (Å²) in [5.41, 5.74) is 0.947. The van der Waals surface area contributed by atoms with Gasteiger partial charge in [-0.2, -0.15) is 0 Å². The molecule has 0 aromatic heterocycles. The molecule has 4 nitrogen and oxygen atoms in total. The zero-order valence-electron chi connectivity index (χ0n) is 10.6.